The lowest BCUT2D eigenvalue weighted by Gasteiger charge is -2.41. The van der Waals surface area contributed by atoms with Crippen LogP contribution in [0.25, 0.3) is 0 Å². The van der Waals surface area contributed by atoms with Crippen LogP contribution in [0, 0.1) is 0 Å². The van der Waals surface area contributed by atoms with Gasteiger partial charge in [0.15, 0.2) is 0 Å². The number of aliphatic hydroxyl groups is 1. The number of urea groups is 1. The number of piperidine rings is 1. The van der Waals surface area contributed by atoms with Crippen LogP contribution in [0.3, 0.4) is 0 Å². The minimum absolute atomic E-state index is 0.160. The van der Waals surface area contributed by atoms with E-state index in [9.17, 15) is 9.90 Å². The number of amides is 2. The van der Waals surface area contributed by atoms with Crippen molar-refractivity contribution in [2.24, 2.45) is 0 Å². The Morgan fingerprint density at radius 2 is 1.71 bits per heavy atom. The van der Waals surface area contributed by atoms with Crippen LogP contribution in [0.1, 0.15) is 25.7 Å². The predicted octanol–water partition coefficient (Wildman–Crippen LogP) is 0.426. The number of morpholine rings is 1. The van der Waals surface area contributed by atoms with Gasteiger partial charge in [-0.2, -0.15) is 0 Å². The van der Waals surface area contributed by atoms with E-state index in [1.54, 1.807) is 0 Å². The highest BCUT2D eigenvalue weighted by molar-refractivity contribution is 5.76. The highest BCUT2D eigenvalue weighted by Crippen LogP contribution is 2.36. The number of nitrogens with zero attached hydrogens (tertiary/aromatic N) is 2. The second kappa shape index (κ2) is 4.46. The third kappa shape index (κ3) is 2.02. The number of ether oxygens (including phenoxy) is 1. The molecule has 17 heavy (non-hydrogen) atoms. The van der Waals surface area contributed by atoms with Crippen molar-refractivity contribution >= 4 is 6.03 Å². The molecule has 0 radical (unpaired) electrons. The monoisotopic (exact) mass is 240 g/mol. The van der Waals surface area contributed by atoms with Crippen LogP contribution < -0.4 is 0 Å². The summed E-state index contributed by atoms with van der Waals surface area (Å²) >= 11 is 0. The molecule has 0 aromatic heterocycles. The van der Waals surface area contributed by atoms with E-state index in [4.69, 9.17) is 4.74 Å². The van der Waals surface area contributed by atoms with Gasteiger partial charge < -0.3 is 19.6 Å². The minimum Gasteiger partial charge on any atom is -0.393 e. The molecule has 3 aliphatic heterocycles. The second-order valence-corrected chi connectivity index (χ2v) is 5.30. The van der Waals surface area contributed by atoms with Crippen molar-refractivity contribution in [2.75, 3.05) is 26.3 Å². The van der Waals surface area contributed by atoms with Gasteiger partial charge in [-0.1, -0.05) is 0 Å². The summed E-state index contributed by atoms with van der Waals surface area (Å²) in [6.45, 7) is 2.71. The molecule has 3 rings (SSSR count). The molecule has 5 heteroatoms. The van der Waals surface area contributed by atoms with Crippen LogP contribution in [0.15, 0.2) is 0 Å². The summed E-state index contributed by atoms with van der Waals surface area (Å²) in [6.07, 6.45) is 3.41. The van der Waals surface area contributed by atoms with Crippen LogP contribution >= 0.6 is 0 Å². The number of carbonyl (C=O) groups excluding carboxylic acids is 1. The van der Waals surface area contributed by atoms with Gasteiger partial charge >= 0.3 is 6.03 Å². The van der Waals surface area contributed by atoms with Crippen LogP contribution in [0.4, 0.5) is 4.79 Å². The summed E-state index contributed by atoms with van der Waals surface area (Å²) in [4.78, 5) is 16.4. The van der Waals surface area contributed by atoms with E-state index in [2.05, 4.69) is 0 Å². The fourth-order valence-electron chi connectivity index (χ4n) is 3.38. The van der Waals surface area contributed by atoms with Crippen molar-refractivity contribution in [1.82, 2.24) is 9.80 Å². The molecule has 3 saturated heterocycles. The molecule has 3 aliphatic rings. The SMILES string of the molecule is O=C(N1CCOCC1)N1[C@H]2CC[C@H]1CC(O)C2. The quantitative estimate of drug-likeness (QED) is 0.668. The van der Waals surface area contributed by atoms with Crippen LogP contribution in [0.2, 0.25) is 0 Å². The van der Waals surface area contributed by atoms with Crippen LogP contribution in [-0.4, -0.2) is 65.4 Å². The van der Waals surface area contributed by atoms with Crippen LogP contribution in [0.5, 0.6) is 0 Å². The van der Waals surface area contributed by atoms with E-state index < -0.39 is 0 Å². The second-order valence-electron chi connectivity index (χ2n) is 5.30. The maximum atomic E-state index is 12.4. The number of aliphatic hydroxyl groups excluding tert-OH is 1. The first-order valence-electron chi connectivity index (χ1n) is 6.59. The minimum atomic E-state index is -0.207. The van der Waals surface area contributed by atoms with E-state index in [1.807, 2.05) is 9.80 Å². The topological polar surface area (TPSA) is 53.0 Å². The molecule has 0 aliphatic carbocycles. The summed E-state index contributed by atoms with van der Waals surface area (Å²) in [5, 5.41) is 9.73. The standard InChI is InChI=1S/C12H20N2O3/c15-11-7-9-1-2-10(8-11)14(9)12(16)13-3-5-17-6-4-13/h9-11,15H,1-8H2/t9-,10-/m0/s1. The molecule has 0 spiro atoms. The molecular weight excluding hydrogens is 220 g/mol. The number of fused-ring (bicyclic) bond motifs is 2. The third-order valence-electron chi connectivity index (χ3n) is 4.21. The smallest absolute Gasteiger partial charge is 0.320 e. The predicted molar refractivity (Wildman–Crippen MR) is 61.7 cm³/mol. The molecule has 0 aromatic rings. The Hall–Kier alpha value is -0.810. The summed E-state index contributed by atoms with van der Waals surface area (Å²) in [5.41, 5.74) is 0. The summed E-state index contributed by atoms with van der Waals surface area (Å²) in [7, 11) is 0. The Labute approximate surface area is 101 Å². The van der Waals surface area contributed by atoms with Crippen molar-refractivity contribution in [1.29, 1.82) is 0 Å². The summed E-state index contributed by atoms with van der Waals surface area (Å²) in [6, 6.07) is 0.686. The van der Waals surface area contributed by atoms with Gasteiger partial charge in [0.05, 0.1) is 19.3 Å². The number of rotatable bonds is 0. The Kier molecular flexibility index (Phi) is 2.96. The van der Waals surface area contributed by atoms with Gasteiger partial charge in [-0.05, 0) is 25.7 Å². The molecule has 3 fully saturated rings. The summed E-state index contributed by atoms with van der Waals surface area (Å²) < 4.78 is 5.27. The molecule has 96 valence electrons. The number of hydrogen-bond donors (Lipinski definition) is 1. The molecule has 5 nitrogen and oxygen atoms in total. The third-order valence-corrected chi connectivity index (χ3v) is 4.21. The van der Waals surface area contributed by atoms with Crippen molar-refractivity contribution in [3.8, 4) is 0 Å². The van der Waals surface area contributed by atoms with Crippen molar-refractivity contribution in [2.45, 2.75) is 43.9 Å². The van der Waals surface area contributed by atoms with E-state index in [0.717, 1.165) is 25.7 Å². The lowest BCUT2D eigenvalue weighted by atomic mass is 10.0. The van der Waals surface area contributed by atoms with Gasteiger partial charge in [-0.3, -0.25) is 0 Å². The Morgan fingerprint density at radius 3 is 2.29 bits per heavy atom. The fraction of sp³-hybridized carbons (Fsp3) is 0.917. The maximum Gasteiger partial charge on any atom is 0.320 e. The molecule has 0 aromatic carbocycles. The molecule has 0 saturated carbocycles. The molecule has 2 amide bonds. The number of carbonyl (C=O) groups is 1. The zero-order chi connectivity index (χ0) is 11.8. The van der Waals surface area contributed by atoms with E-state index >= 15 is 0 Å². The van der Waals surface area contributed by atoms with E-state index in [1.165, 1.54) is 0 Å². The lowest BCUT2D eigenvalue weighted by Crippen LogP contribution is -2.55. The van der Waals surface area contributed by atoms with Crippen molar-refractivity contribution in [3.05, 3.63) is 0 Å². The zero-order valence-electron chi connectivity index (χ0n) is 10.0. The normalized spacial score (nSPS) is 37.4. The fourth-order valence-corrected chi connectivity index (χ4v) is 3.38. The molecule has 1 N–H and O–H groups in total. The highest BCUT2D eigenvalue weighted by Gasteiger charge is 2.44. The molecule has 2 atom stereocenters. The first-order valence-corrected chi connectivity index (χ1v) is 6.59. The van der Waals surface area contributed by atoms with Crippen LogP contribution in [-0.2, 0) is 4.74 Å². The van der Waals surface area contributed by atoms with Crippen molar-refractivity contribution in [3.63, 3.8) is 0 Å². The summed E-state index contributed by atoms with van der Waals surface area (Å²) in [5.74, 6) is 0. The maximum absolute atomic E-state index is 12.4. The highest BCUT2D eigenvalue weighted by atomic mass is 16.5. The van der Waals surface area contributed by atoms with Crippen molar-refractivity contribution < 1.29 is 14.6 Å². The molecular formula is C12H20N2O3. The lowest BCUT2D eigenvalue weighted by molar-refractivity contribution is 0.0164. The van der Waals surface area contributed by atoms with E-state index in [0.29, 0.717) is 26.3 Å². The average Bonchev–Trinajstić information content (AvgIpc) is 2.62. The first-order chi connectivity index (χ1) is 8.25. The Morgan fingerprint density at radius 1 is 1.12 bits per heavy atom. The average molecular weight is 240 g/mol. The van der Waals surface area contributed by atoms with Gasteiger partial charge in [-0.25, -0.2) is 4.79 Å². The first kappa shape index (κ1) is 11.3. The van der Waals surface area contributed by atoms with Gasteiger partial charge in [0.25, 0.3) is 0 Å². The van der Waals surface area contributed by atoms with E-state index in [-0.39, 0.29) is 24.2 Å². The number of hydrogen-bond acceptors (Lipinski definition) is 3. The van der Waals surface area contributed by atoms with Gasteiger partial charge in [-0.15, -0.1) is 0 Å². The Bertz CT molecular complexity index is 290. The largest absolute Gasteiger partial charge is 0.393 e. The van der Waals surface area contributed by atoms with Gasteiger partial charge in [0.1, 0.15) is 0 Å². The Balaban J connectivity index is 1.69. The van der Waals surface area contributed by atoms with Gasteiger partial charge in [0, 0.05) is 25.2 Å². The molecule has 0 unspecified atom stereocenters. The zero-order valence-corrected chi connectivity index (χ0v) is 10.0. The van der Waals surface area contributed by atoms with Gasteiger partial charge in [0.2, 0.25) is 0 Å². The molecule has 3 heterocycles. The molecule has 2 bridgehead atoms.